The molecule has 0 amide bonds. The summed E-state index contributed by atoms with van der Waals surface area (Å²) in [5.74, 6) is 0. The molecule has 0 bridgehead atoms. The number of hydrogen-bond acceptors (Lipinski definition) is 3. The summed E-state index contributed by atoms with van der Waals surface area (Å²) in [6.45, 7) is 7.99. The van der Waals surface area contributed by atoms with Crippen molar-refractivity contribution in [3.05, 3.63) is 151 Å². The first-order chi connectivity index (χ1) is 21.1. The first-order valence-electron chi connectivity index (χ1n) is 14.3. The molecule has 3 aromatic heterocycles. The minimum absolute atomic E-state index is 0. The number of benzene rings is 4. The van der Waals surface area contributed by atoms with E-state index in [0.717, 1.165) is 44.5 Å². The topological polar surface area (TPSA) is 38.7 Å². The summed E-state index contributed by atoms with van der Waals surface area (Å²) >= 11 is 0. The Morgan fingerprint density at radius 1 is 0.614 bits per heavy atom. The van der Waals surface area contributed by atoms with Crippen LogP contribution in [0.25, 0.3) is 55.3 Å². The number of nitrogens with zero attached hydrogens (tertiary/aromatic N) is 3. The van der Waals surface area contributed by atoms with E-state index in [1.165, 1.54) is 22.3 Å². The van der Waals surface area contributed by atoms with E-state index in [1.807, 2.05) is 68.4 Å². The monoisotopic (exact) mass is 766 g/mol. The average Bonchev–Trinajstić information content (AvgIpc) is 3.06. The van der Waals surface area contributed by atoms with Crippen molar-refractivity contribution < 1.29 is 20.1 Å². The molecular formula is C38H33BIrN3P-. The Morgan fingerprint density at radius 3 is 1.52 bits per heavy atom. The molecule has 1 unspecified atom stereocenters. The van der Waals surface area contributed by atoms with Gasteiger partial charge in [-0.1, -0.05) is 91.8 Å². The molecule has 6 heteroatoms. The molecule has 0 saturated carbocycles. The molecule has 3 heterocycles. The number of fused-ring (bicyclic) bond motifs is 3. The number of rotatable bonds is 3. The SMILES string of the molecule is C[B]P.Cc1cc(-c2ccccc2)c2ccc3c(-c4ccccc4)cc(C)nc3c2n1.[Ir].[c-]1ccccc1-c1ccccn1. The standard InChI is InChI=1S/C26H20N2.C11H8N.CH5BP.Ir/c1-17-15-23(19-9-5-3-6-10-19)21-13-14-22-24(20-11-7-4-8-12-20)16-18(2)28-26(22)25(21)27-17;1-2-6-10(7-3-1)11-8-4-5-9-12-11;1-2-3;/h3-16H,1-2H3;1-6,8-9H;3H2,1H3;/q;-1;;. The summed E-state index contributed by atoms with van der Waals surface area (Å²) in [6.07, 6.45) is 1.79. The van der Waals surface area contributed by atoms with Gasteiger partial charge in [-0.3, -0.25) is 9.97 Å². The molecule has 3 nitrogen and oxygen atoms in total. The predicted molar refractivity (Wildman–Crippen MR) is 187 cm³/mol. The summed E-state index contributed by atoms with van der Waals surface area (Å²) < 4.78 is 0. The minimum Gasteiger partial charge on any atom is -0.305 e. The van der Waals surface area contributed by atoms with Crippen molar-refractivity contribution in [2.24, 2.45) is 0 Å². The van der Waals surface area contributed by atoms with Crippen molar-refractivity contribution in [1.29, 1.82) is 0 Å². The normalized spacial score (nSPS) is 10.1. The molecule has 1 atom stereocenters. The van der Waals surface area contributed by atoms with Gasteiger partial charge < -0.3 is 4.98 Å². The number of pyridine rings is 3. The van der Waals surface area contributed by atoms with Crippen LogP contribution in [-0.4, -0.2) is 22.0 Å². The maximum Gasteiger partial charge on any atom is 0.134 e. The molecular weight excluding hydrogens is 732 g/mol. The van der Waals surface area contributed by atoms with E-state index >= 15 is 0 Å². The van der Waals surface area contributed by atoms with Gasteiger partial charge in [0.05, 0.1) is 11.0 Å². The van der Waals surface area contributed by atoms with Gasteiger partial charge in [-0.05, 0) is 60.0 Å². The van der Waals surface area contributed by atoms with E-state index in [-0.39, 0.29) is 20.1 Å². The Kier molecular flexibility index (Phi) is 12.1. The molecule has 218 valence electrons. The van der Waals surface area contributed by atoms with Crippen molar-refractivity contribution in [3.63, 3.8) is 0 Å². The van der Waals surface area contributed by atoms with Crippen LogP contribution in [0.4, 0.5) is 0 Å². The average molecular weight is 766 g/mol. The van der Waals surface area contributed by atoms with Crippen LogP contribution < -0.4 is 0 Å². The summed E-state index contributed by atoms with van der Waals surface area (Å²) in [5.41, 5.74) is 10.8. The van der Waals surface area contributed by atoms with E-state index in [1.54, 1.807) is 6.20 Å². The molecule has 7 aromatic rings. The first kappa shape index (κ1) is 32.9. The molecule has 4 aromatic carbocycles. The van der Waals surface area contributed by atoms with Gasteiger partial charge in [0.25, 0.3) is 0 Å². The van der Waals surface area contributed by atoms with Crippen LogP contribution in [0.15, 0.2) is 134 Å². The molecule has 0 spiro atoms. The molecule has 0 aliphatic rings. The number of aryl methyl sites for hydroxylation is 2. The van der Waals surface area contributed by atoms with Gasteiger partial charge in [0.15, 0.2) is 0 Å². The fourth-order valence-electron chi connectivity index (χ4n) is 5.02. The second-order valence-electron chi connectivity index (χ2n) is 10.0. The Bertz CT molecular complexity index is 1780. The van der Waals surface area contributed by atoms with Gasteiger partial charge in [0, 0.05) is 48.5 Å². The van der Waals surface area contributed by atoms with Crippen LogP contribution in [0.1, 0.15) is 11.4 Å². The van der Waals surface area contributed by atoms with Crippen molar-refractivity contribution in [1.82, 2.24) is 15.0 Å². The van der Waals surface area contributed by atoms with Crippen LogP contribution in [0.5, 0.6) is 0 Å². The third-order valence-electron chi connectivity index (χ3n) is 6.83. The number of hydrogen-bond donors (Lipinski definition) is 0. The van der Waals surface area contributed by atoms with Gasteiger partial charge in [-0.15, -0.1) is 35.9 Å². The molecule has 44 heavy (non-hydrogen) atoms. The Morgan fingerprint density at radius 2 is 1.09 bits per heavy atom. The van der Waals surface area contributed by atoms with Gasteiger partial charge in [0.1, 0.15) is 7.00 Å². The molecule has 7 rings (SSSR count). The summed E-state index contributed by atoms with van der Waals surface area (Å²) in [7, 11) is 2.45. The van der Waals surface area contributed by atoms with Gasteiger partial charge in [0.2, 0.25) is 0 Å². The zero-order valence-corrected chi connectivity index (χ0v) is 28.6. The van der Waals surface area contributed by atoms with Crippen LogP contribution in [-0.2, 0) is 20.1 Å². The summed E-state index contributed by atoms with van der Waals surface area (Å²) in [4.78, 5) is 14.0. The van der Waals surface area contributed by atoms with Crippen molar-refractivity contribution in [2.45, 2.75) is 20.7 Å². The van der Waals surface area contributed by atoms with E-state index < -0.39 is 0 Å². The van der Waals surface area contributed by atoms with Gasteiger partial charge in [-0.2, -0.15) is 9.12 Å². The summed E-state index contributed by atoms with van der Waals surface area (Å²) in [6, 6.07) is 46.5. The second-order valence-corrected chi connectivity index (χ2v) is 10.7. The van der Waals surface area contributed by atoms with Crippen LogP contribution in [0.2, 0.25) is 6.82 Å². The Hall–Kier alpha value is -4.01. The second kappa shape index (κ2) is 16.2. The molecule has 0 saturated heterocycles. The summed E-state index contributed by atoms with van der Waals surface area (Å²) in [5, 5.41) is 2.28. The minimum atomic E-state index is 0. The maximum atomic E-state index is 4.90. The van der Waals surface area contributed by atoms with E-state index in [9.17, 15) is 0 Å². The van der Waals surface area contributed by atoms with Crippen molar-refractivity contribution in [3.8, 4) is 33.5 Å². The van der Waals surface area contributed by atoms with Crippen LogP contribution in [0, 0.1) is 19.9 Å². The Labute approximate surface area is 277 Å². The molecule has 0 aliphatic carbocycles. The first-order valence-corrected chi connectivity index (χ1v) is 15.0. The molecule has 0 fully saturated rings. The van der Waals surface area contributed by atoms with E-state index in [2.05, 4.69) is 107 Å². The van der Waals surface area contributed by atoms with Crippen LogP contribution in [0.3, 0.4) is 0 Å². The molecule has 0 N–H and O–H groups in total. The predicted octanol–water partition coefficient (Wildman–Crippen LogP) is 9.81. The maximum absolute atomic E-state index is 4.90. The largest absolute Gasteiger partial charge is 0.305 e. The fourth-order valence-corrected chi connectivity index (χ4v) is 5.02. The van der Waals surface area contributed by atoms with Crippen molar-refractivity contribution in [2.75, 3.05) is 0 Å². The fraction of sp³-hybridized carbons (Fsp3) is 0.0789. The quantitative estimate of drug-likeness (QED) is 0.0779. The van der Waals surface area contributed by atoms with Gasteiger partial charge in [-0.25, -0.2) is 0 Å². The smallest absolute Gasteiger partial charge is 0.134 e. The van der Waals surface area contributed by atoms with Crippen molar-refractivity contribution >= 4 is 37.9 Å². The zero-order chi connectivity index (χ0) is 30.0. The third-order valence-corrected chi connectivity index (χ3v) is 6.83. The zero-order valence-electron chi connectivity index (χ0n) is 25.0. The molecule has 0 aliphatic heterocycles. The Balaban J connectivity index is 0.000000231. The third kappa shape index (κ3) is 7.93. The van der Waals surface area contributed by atoms with Crippen LogP contribution >= 0.6 is 9.12 Å². The number of aromatic nitrogens is 3. The van der Waals surface area contributed by atoms with E-state index in [4.69, 9.17) is 9.97 Å². The van der Waals surface area contributed by atoms with E-state index in [0.29, 0.717) is 0 Å². The molecule has 2 radical (unpaired) electrons. The van der Waals surface area contributed by atoms with Gasteiger partial charge >= 0.3 is 0 Å².